The van der Waals surface area contributed by atoms with Gasteiger partial charge >= 0.3 is 5.69 Å². The van der Waals surface area contributed by atoms with E-state index < -0.39 is 52.4 Å². The first-order valence-electron chi connectivity index (χ1n) is 9.40. The summed E-state index contributed by atoms with van der Waals surface area (Å²) in [7, 11) is 0. The number of carbonyl (C=O) groups is 2. The largest absolute Gasteiger partial charge is 0.376 e. The number of amides is 2. The molecule has 2 heterocycles. The smallest absolute Gasteiger partial charge is 0.344 e. The van der Waals surface area contributed by atoms with E-state index in [1.54, 1.807) is 6.92 Å². The average molecular weight is 459 g/mol. The molecular weight excluding hydrogens is 439 g/mol. The zero-order valence-corrected chi connectivity index (χ0v) is 17.2. The summed E-state index contributed by atoms with van der Waals surface area (Å²) >= 11 is 1.01. The standard InChI is InChI=1S/C18H20F3N5O4S/c1-9(31-18-25-24-17(29)26(18)8-10-3-2-6-30-10)16(28)22-7-13(27)23-12-5-4-11(19)14(20)15(12)21/h4-5,9-10H,2-3,6-8H2,1H3,(H,22,28)(H,23,27)(H,24,29). The van der Waals surface area contributed by atoms with E-state index in [1.165, 1.54) is 4.57 Å². The molecule has 0 radical (unpaired) electrons. The van der Waals surface area contributed by atoms with E-state index in [0.717, 1.165) is 30.7 Å². The third-order valence-electron chi connectivity index (χ3n) is 4.52. The molecule has 31 heavy (non-hydrogen) atoms. The number of rotatable bonds is 8. The molecule has 3 rings (SSSR count). The van der Waals surface area contributed by atoms with Crippen LogP contribution in [0.1, 0.15) is 19.8 Å². The van der Waals surface area contributed by atoms with Gasteiger partial charge in [0.2, 0.25) is 11.8 Å². The van der Waals surface area contributed by atoms with Gasteiger partial charge in [0, 0.05) is 6.61 Å². The first-order chi connectivity index (χ1) is 14.8. The molecule has 1 aromatic carbocycles. The molecule has 1 aliphatic rings. The highest BCUT2D eigenvalue weighted by Gasteiger charge is 2.23. The SMILES string of the molecule is CC(Sc1n[nH]c(=O)n1CC1CCCO1)C(=O)NCC(=O)Nc1ccc(F)c(F)c1F. The zero-order valence-electron chi connectivity index (χ0n) is 16.4. The van der Waals surface area contributed by atoms with Gasteiger partial charge in [-0.05, 0) is 31.9 Å². The quantitative estimate of drug-likeness (QED) is 0.406. The summed E-state index contributed by atoms with van der Waals surface area (Å²) in [6.07, 6.45) is 1.64. The molecule has 1 aromatic heterocycles. The van der Waals surface area contributed by atoms with Crippen LogP contribution < -0.4 is 16.3 Å². The highest BCUT2D eigenvalue weighted by molar-refractivity contribution is 8.00. The molecule has 2 unspecified atom stereocenters. The fraction of sp³-hybridized carbons (Fsp3) is 0.444. The van der Waals surface area contributed by atoms with Crippen molar-refractivity contribution >= 4 is 29.3 Å². The van der Waals surface area contributed by atoms with Gasteiger partial charge in [-0.3, -0.25) is 14.2 Å². The molecular formula is C18H20F3N5O4S. The molecule has 13 heteroatoms. The van der Waals surface area contributed by atoms with Crippen molar-refractivity contribution in [3.63, 3.8) is 0 Å². The van der Waals surface area contributed by atoms with E-state index in [2.05, 4.69) is 20.8 Å². The van der Waals surface area contributed by atoms with Gasteiger partial charge in [-0.15, -0.1) is 5.10 Å². The number of thioether (sulfide) groups is 1. The second-order valence-electron chi connectivity index (χ2n) is 6.81. The van der Waals surface area contributed by atoms with Crippen LogP contribution >= 0.6 is 11.8 Å². The third-order valence-corrected chi connectivity index (χ3v) is 5.61. The van der Waals surface area contributed by atoms with Crippen molar-refractivity contribution in [2.24, 2.45) is 0 Å². The lowest BCUT2D eigenvalue weighted by Crippen LogP contribution is -2.37. The van der Waals surface area contributed by atoms with Crippen molar-refractivity contribution in [3.8, 4) is 0 Å². The number of hydrogen-bond donors (Lipinski definition) is 3. The van der Waals surface area contributed by atoms with E-state index in [4.69, 9.17) is 4.74 Å². The average Bonchev–Trinajstić information content (AvgIpc) is 3.38. The van der Waals surface area contributed by atoms with Gasteiger partial charge in [-0.25, -0.2) is 23.1 Å². The minimum atomic E-state index is -1.71. The number of H-pyrrole nitrogens is 1. The molecule has 0 saturated carbocycles. The Hall–Kier alpha value is -2.80. The van der Waals surface area contributed by atoms with E-state index in [9.17, 15) is 27.6 Å². The van der Waals surface area contributed by atoms with Crippen molar-refractivity contribution < 1.29 is 27.5 Å². The lowest BCUT2D eigenvalue weighted by atomic mass is 10.2. The lowest BCUT2D eigenvalue weighted by Gasteiger charge is -2.14. The van der Waals surface area contributed by atoms with Gasteiger partial charge in [0.05, 0.1) is 30.1 Å². The topological polar surface area (TPSA) is 118 Å². The second-order valence-corrected chi connectivity index (χ2v) is 8.11. The maximum absolute atomic E-state index is 13.6. The summed E-state index contributed by atoms with van der Waals surface area (Å²) in [5.74, 6) is -5.99. The van der Waals surface area contributed by atoms with Gasteiger partial charge < -0.3 is 15.4 Å². The van der Waals surface area contributed by atoms with E-state index in [0.29, 0.717) is 24.4 Å². The van der Waals surface area contributed by atoms with Crippen LogP contribution in [-0.2, 0) is 20.9 Å². The number of halogens is 3. The molecule has 0 spiro atoms. The minimum Gasteiger partial charge on any atom is -0.376 e. The number of ether oxygens (including phenoxy) is 1. The molecule has 2 aromatic rings. The normalized spacial score (nSPS) is 16.8. The molecule has 2 amide bonds. The number of nitrogens with zero attached hydrogens (tertiary/aromatic N) is 2. The van der Waals surface area contributed by atoms with Crippen LogP contribution in [0.5, 0.6) is 0 Å². The first-order valence-corrected chi connectivity index (χ1v) is 10.3. The monoisotopic (exact) mass is 459 g/mol. The van der Waals surface area contributed by atoms with Crippen LogP contribution in [0.2, 0.25) is 0 Å². The number of hydrogen-bond acceptors (Lipinski definition) is 6. The lowest BCUT2D eigenvalue weighted by molar-refractivity contribution is -0.123. The Morgan fingerprint density at radius 1 is 1.35 bits per heavy atom. The Morgan fingerprint density at radius 3 is 2.84 bits per heavy atom. The van der Waals surface area contributed by atoms with Gasteiger partial charge in [-0.1, -0.05) is 11.8 Å². The number of benzene rings is 1. The predicted molar refractivity (Wildman–Crippen MR) is 105 cm³/mol. The summed E-state index contributed by atoms with van der Waals surface area (Å²) in [6.45, 7) is 1.98. The van der Waals surface area contributed by atoms with Gasteiger partial charge in [0.1, 0.15) is 0 Å². The van der Waals surface area contributed by atoms with Crippen LogP contribution in [0.4, 0.5) is 18.9 Å². The second kappa shape index (κ2) is 10.0. The summed E-state index contributed by atoms with van der Waals surface area (Å²) in [6, 6.07) is 1.54. The summed E-state index contributed by atoms with van der Waals surface area (Å²) < 4.78 is 46.7. The van der Waals surface area contributed by atoms with Crippen LogP contribution in [0.3, 0.4) is 0 Å². The molecule has 1 aliphatic heterocycles. The highest BCUT2D eigenvalue weighted by atomic mass is 32.2. The van der Waals surface area contributed by atoms with Crippen molar-refractivity contribution in [3.05, 3.63) is 40.1 Å². The number of carbonyl (C=O) groups excluding carboxylic acids is 2. The van der Waals surface area contributed by atoms with E-state index in [1.807, 2.05) is 0 Å². The van der Waals surface area contributed by atoms with Gasteiger partial charge in [0.15, 0.2) is 22.6 Å². The van der Waals surface area contributed by atoms with Crippen LogP contribution in [0.25, 0.3) is 0 Å². The Bertz CT molecular complexity index is 1020. The van der Waals surface area contributed by atoms with Crippen molar-refractivity contribution in [1.29, 1.82) is 0 Å². The Balaban J connectivity index is 1.52. The van der Waals surface area contributed by atoms with Gasteiger partial charge in [-0.2, -0.15) is 0 Å². The van der Waals surface area contributed by atoms with Crippen molar-refractivity contribution in [2.45, 2.75) is 42.8 Å². The zero-order chi connectivity index (χ0) is 22.5. The first kappa shape index (κ1) is 22.9. The Kier molecular flexibility index (Phi) is 7.38. The molecule has 168 valence electrons. The van der Waals surface area contributed by atoms with Crippen LogP contribution in [0, 0.1) is 17.5 Å². The molecule has 0 bridgehead atoms. The molecule has 1 saturated heterocycles. The van der Waals surface area contributed by atoms with E-state index >= 15 is 0 Å². The molecule has 0 aliphatic carbocycles. The number of anilines is 1. The maximum atomic E-state index is 13.6. The van der Waals surface area contributed by atoms with Gasteiger partial charge in [0.25, 0.3) is 0 Å². The van der Waals surface area contributed by atoms with E-state index in [-0.39, 0.29) is 6.10 Å². The Labute approximate surface area is 178 Å². The summed E-state index contributed by atoms with van der Waals surface area (Å²) in [5, 5.41) is 10.3. The van der Waals surface area contributed by atoms with Crippen molar-refractivity contribution in [1.82, 2.24) is 20.1 Å². The highest BCUT2D eigenvalue weighted by Crippen LogP contribution is 2.22. The number of aromatic amines is 1. The van der Waals surface area contributed by atoms with Crippen LogP contribution in [-0.4, -0.2) is 51.1 Å². The molecule has 3 N–H and O–H groups in total. The summed E-state index contributed by atoms with van der Waals surface area (Å²) in [4.78, 5) is 36.2. The molecule has 2 atom stereocenters. The summed E-state index contributed by atoms with van der Waals surface area (Å²) in [5.41, 5.74) is -0.964. The fourth-order valence-electron chi connectivity index (χ4n) is 2.89. The minimum absolute atomic E-state index is 0.0980. The third kappa shape index (κ3) is 5.67. The number of aromatic nitrogens is 3. The Morgan fingerprint density at radius 2 is 2.13 bits per heavy atom. The molecule has 1 fully saturated rings. The maximum Gasteiger partial charge on any atom is 0.344 e. The predicted octanol–water partition coefficient (Wildman–Crippen LogP) is 1.40. The molecule has 9 nitrogen and oxygen atoms in total. The van der Waals surface area contributed by atoms with Crippen molar-refractivity contribution in [2.75, 3.05) is 18.5 Å². The fourth-order valence-corrected chi connectivity index (χ4v) is 3.78. The number of nitrogens with one attached hydrogen (secondary N) is 3. The van der Waals surface area contributed by atoms with Crippen LogP contribution in [0.15, 0.2) is 22.1 Å².